The van der Waals surface area contributed by atoms with Gasteiger partial charge >= 0.3 is 0 Å². The zero-order valence-electron chi connectivity index (χ0n) is 11.2. The Balaban J connectivity index is 1.75. The van der Waals surface area contributed by atoms with Crippen LogP contribution in [0, 0.1) is 0 Å². The van der Waals surface area contributed by atoms with E-state index in [1.54, 1.807) is 0 Å². The second-order valence-electron chi connectivity index (χ2n) is 5.36. The van der Waals surface area contributed by atoms with Gasteiger partial charge in [0.1, 0.15) is 5.75 Å². The number of hydrogen-bond acceptors (Lipinski definition) is 3. The van der Waals surface area contributed by atoms with Gasteiger partial charge in [-0.1, -0.05) is 12.1 Å². The predicted molar refractivity (Wildman–Crippen MR) is 72.8 cm³/mol. The Morgan fingerprint density at radius 2 is 2.16 bits per heavy atom. The van der Waals surface area contributed by atoms with Crippen LogP contribution in [0.4, 0.5) is 0 Å². The van der Waals surface area contributed by atoms with Gasteiger partial charge in [0.2, 0.25) is 0 Å². The number of benzene rings is 1. The fraction of sp³-hybridized carbons (Fsp3) is 0.562. The summed E-state index contributed by atoms with van der Waals surface area (Å²) in [5, 5.41) is 0. The second-order valence-corrected chi connectivity index (χ2v) is 5.36. The largest absolute Gasteiger partial charge is 0.493 e. The Morgan fingerprint density at radius 1 is 1.21 bits per heavy atom. The summed E-state index contributed by atoms with van der Waals surface area (Å²) in [6.07, 6.45) is 5.92. The Morgan fingerprint density at radius 3 is 3.00 bits per heavy atom. The normalized spacial score (nSPS) is 22.4. The lowest BCUT2D eigenvalue weighted by molar-refractivity contribution is 0.0128. The Kier molecular flexibility index (Phi) is 3.83. The lowest BCUT2D eigenvalue weighted by Crippen LogP contribution is -2.23. The van der Waals surface area contributed by atoms with Crippen LogP contribution in [0.5, 0.6) is 5.75 Å². The molecule has 102 valence electrons. The zero-order valence-corrected chi connectivity index (χ0v) is 11.2. The molecule has 0 amide bonds. The van der Waals surface area contributed by atoms with Crippen molar-refractivity contribution in [1.29, 1.82) is 0 Å². The minimum Gasteiger partial charge on any atom is -0.493 e. The number of fused-ring (bicyclic) bond motifs is 1. The van der Waals surface area contributed by atoms with Gasteiger partial charge in [-0.25, -0.2) is 0 Å². The molecule has 1 aromatic carbocycles. The van der Waals surface area contributed by atoms with Crippen LogP contribution in [0.2, 0.25) is 0 Å². The molecule has 3 rings (SSSR count). The molecule has 0 bridgehead atoms. The predicted octanol–water partition coefficient (Wildman–Crippen LogP) is 3.15. The molecular weight excluding hydrogens is 240 g/mol. The lowest BCUT2D eigenvalue weighted by Gasteiger charge is -2.23. The maximum absolute atomic E-state index is 12.4. The van der Waals surface area contributed by atoms with Crippen molar-refractivity contribution < 1.29 is 14.3 Å². The van der Waals surface area contributed by atoms with E-state index in [2.05, 4.69) is 6.07 Å². The smallest absolute Gasteiger partial charge is 0.169 e. The number of Topliss-reactive ketones (excluding diaryl/α,β-unsaturated/α-hetero) is 1. The fourth-order valence-electron chi connectivity index (χ4n) is 2.89. The van der Waals surface area contributed by atoms with Crippen molar-refractivity contribution in [3.63, 3.8) is 0 Å². The second kappa shape index (κ2) is 5.74. The van der Waals surface area contributed by atoms with Gasteiger partial charge in [-0.15, -0.1) is 0 Å². The molecule has 0 saturated carbocycles. The molecule has 1 atom stereocenters. The van der Waals surface area contributed by atoms with Crippen LogP contribution in [0.3, 0.4) is 0 Å². The third-order valence-corrected chi connectivity index (χ3v) is 3.92. The maximum Gasteiger partial charge on any atom is 0.169 e. The summed E-state index contributed by atoms with van der Waals surface area (Å²) in [4.78, 5) is 12.4. The van der Waals surface area contributed by atoms with Gasteiger partial charge in [0, 0.05) is 13.0 Å². The topological polar surface area (TPSA) is 35.5 Å². The van der Waals surface area contributed by atoms with Gasteiger partial charge in [0.05, 0.1) is 18.3 Å². The van der Waals surface area contributed by atoms with E-state index in [-0.39, 0.29) is 11.9 Å². The number of carbonyl (C=O) groups is 1. The van der Waals surface area contributed by atoms with Crippen molar-refractivity contribution in [2.24, 2.45) is 0 Å². The van der Waals surface area contributed by atoms with Gasteiger partial charge in [0.25, 0.3) is 0 Å². The summed E-state index contributed by atoms with van der Waals surface area (Å²) >= 11 is 0. The van der Waals surface area contributed by atoms with E-state index >= 15 is 0 Å². The van der Waals surface area contributed by atoms with Crippen LogP contribution in [-0.4, -0.2) is 25.1 Å². The molecule has 0 N–H and O–H groups in total. The summed E-state index contributed by atoms with van der Waals surface area (Å²) in [6.45, 7) is 1.51. The Bertz CT molecular complexity index is 461. The van der Waals surface area contributed by atoms with Crippen LogP contribution < -0.4 is 4.74 Å². The van der Waals surface area contributed by atoms with Crippen molar-refractivity contribution >= 4 is 5.78 Å². The van der Waals surface area contributed by atoms with Crippen molar-refractivity contribution in [1.82, 2.24) is 0 Å². The van der Waals surface area contributed by atoms with Crippen molar-refractivity contribution in [2.75, 3.05) is 13.2 Å². The molecule has 0 spiro atoms. The highest BCUT2D eigenvalue weighted by Gasteiger charge is 2.23. The third-order valence-electron chi connectivity index (χ3n) is 3.92. The van der Waals surface area contributed by atoms with Crippen molar-refractivity contribution in [2.45, 2.75) is 44.6 Å². The van der Waals surface area contributed by atoms with E-state index in [4.69, 9.17) is 9.47 Å². The number of carbonyl (C=O) groups excluding carboxylic acids is 1. The number of ketones is 1. The fourth-order valence-corrected chi connectivity index (χ4v) is 2.89. The molecule has 0 aliphatic carbocycles. The molecule has 1 saturated heterocycles. The summed E-state index contributed by atoms with van der Waals surface area (Å²) in [5.74, 6) is 0.972. The summed E-state index contributed by atoms with van der Waals surface area (Å²) < 4.78 is 11.4. The average Bonchev–Trinajstić information content (AvgIpc) is 2.47. The van der Waals surface area contributed by atoms with Crippen LogP contribution in [0.1, 0.15) is 48.0 Å². The molecule has 3 heteroatoms. The highest BCUT2D eigenvalue weighted by Crippen LogP contribution is 2.30. The van der Waals surface area contributed by atoms with Gasteiger partial charge in [-0.2, -0.15) is 0 Å². The van der Waals surface area contributed by atoms with Crippen LogP contribution in [-0.2, 0) is 11.2 Å². The number of rotatable bonds is 3. The molecule has 3 nitrogen and oxygen atoms in total. The highest BCUT2D eigenvalue weighted by atomic mass is 16.5. The molecule has 19 heavy (non-hydrogen) atoms. The lowest BCUT2D eigenvalue weighted by atomic mass is 9.96. The quantitative estimate of drug-likeness (QED) is 0.783. The monoisotopic (exact) mass is 260 g/mol. The van der Waals surface area contributed by atoms with Crippen molar-refractivity contribution in [3.8, 4) is 5.75 Å². The van der Waals surface area contributed by atoms with Gasteiger partial charge in [-0.05, 0) is 43.7 Å². The number of ether oxygens (including phenoxy) is 2. The molecule has 0 radical (unpaired) electrons. The molecular formula is C16H20O3. The summed E-state index contributed by atoms with van der Waals surface area (Å²) in [6, 6.07) is 5.90. The minimum atomic E-state index is 0.0979. The number of aryl methyl sites for hydroxylation is 1. The van der Waals surface area contributed by atoms with E-state index in [9.17, 15) is 4.79 Å². The van der Waals surface area contributed by atoms with Crippen LogP contribution in [0.25, 0.3) is 0 Å². The molecule has 1 unspecified atom stereocenters. The summed E-state index contributed by atoms with van der Waals surface area (Å²) in [7, 11) is 0. The molecule has 2 aliphatic heterocycles. The maximum atomic E-state index is 12.4. The molecule has 2 aliphatic rings. The average molecular weight is 260 g/mol. The Hall–Kier alpha value is -1.35. The van der Waals surface area contributed by atoms with E-state index in [0.717, 1.165) is 50.2 Å². The van der Waals surface area contributed by atoms with E-state index in [1.165, 1.54) is 12.0 Å². The van der Waals surface area contributed by atoms with Gasteiger partial charge in [-0.3, -0.25) is 4.79 Å². The molecule has 1 fully saturated rings. The van der Waals surface area contributed by atoms with Crippen LogP contribution >= 0.6 is 0 Å². The molecule has 0 aromatic heterocycles. The zero-order chi connectivity index (χ0) is 13.1. The van der Waals surface area contributed by atoms with Crippen molar-refractivity contribution in [3.05, 3.63) is 29.3 Å². The molecule has 1 aromatic rings. The van der Waals surface area contributed by atoms with E-state index in [1.807, 2.05) is 12.1 Å². The van der Waals surface area contributed by atoms with Crippen LogP contribution in [0.15, 0.2) is 18.2 Å². The first-order valence-corrected chi connectivity index (χ1v) is 7.24. The van der Waals surface area contributed by atoms with E-state index in [0.29, 0.717) is 6.42 Å². The first-order valence-electron chi connectivity index (χ1n) is 7.24. The first-order chi connectivity index (χ1) is 9.34. The van der Waals surface area contributed by atoms with Gasteiger partial charge < -0.3 is 9.47 Å². The Labute approximate surface area is 113 Å². The third kappa shape index (κ3) is 2.81. The van der Waals surface area contributed by atoms with Gasteiger partial charge in [0.15, 0.2) is 5.78 Å². The summed E-state index contributed by atoms with van der Waals surface area (Å²) in [5.41, 5.74) is 1.91. The highest BCUT2D eigenvalue weighted by molar-refractivity contribution is 5.99. The standard InChI is InChI=1S/C16H20O3/c17-15(11-13-7-1-2-9-18-13)14-8-3-5-12-6-4-10-19-16(12)14/h3,5,8,13H,1-2,4,6-7,9-11H2. The SMILES string of the molecule is O=C(CC1CCCCO1)c1cccc2c1OCCC2. The molecule has 2 heterocycles. The number of hydrogen-bond donors (Lipinski definition) is 0. The first kappa shape index (κ1) is 12.7. The minimum absolute atomic E-state index is 0.0979. The van der Waals surface area contributed by atoms with E-state index < -0.39 is 0 Å². The number of para-hydroxylation sites is 1.